The molecule has 1 N–H and O–H groups in total. The van der Waals surface area contributed by atoms with E-state index < -0.39 is 5.97 Å². The van der Waals surface area contributed by atoms with Crippen molar-refractivity contribution in [2.24, 2.45) is 0 Å². The van der Waals surface area contributed by atoms with Gasteiger partial charge < -0.3 is 9.84 Å². The Labute approximate surface area is 129 Å². The lowest BCUT2D eigenvalue weighted by molar-refractivity contribution is -0.136. The molecule has 0 bridgehead atoms. The average molecular weight is 307 g/mol. The zero-order chi connectivity index (χ0) is 15.4. The predicted octanol–water partition coefficient (Wildman–Crippen LogP) is 3.38. The SMILES string of the molecule is CCN(CC)Cc1c(OC)ccc2c(CC(=O)O)csc12. The van der Waals surface area contributed by atoms with Crippen LogP contribution < -0.4 is 4.74 Å². The third kappa shape index (κ3) is 3.36. The number of fused-ring (bicyclic) bond motifs is 1. The van der Waals surface area contributed by atoms with Gasteiger partial charge >= 0.3 is 5.97 Å². The molecule has 2 rings (SSSR count). The summed E-state index contributed by atoms with van der Waals surface area (Å²) < 4.78 is 6.63. The van der Waals surface area contributed by atoms with E-state index in [1.807, 2.05) is 17.5 Å². The van der Waals surface area contributed by atoms with Crippen molar-refractivity contribution < 1.29 is 14.6 Å². The van der Waals surface area contributed by atoms with Crippen molar-refractivity contribution in [2.75, 3.05) is 20.2 Å². The summed E-state index contributed by atoms with van der Waals surface area (Å²) in [5, 5.41) is 12.0. The van der Waals surface area contributed by atoms with Crippen LogP contribution in [0.15, 0.2) is 17.5 Å². The van der Waals surface area contributed by atoms with Gasteiger partial charge in [-0.05, 0) is 41.6 Å². The molecule has 1 aromatic heterocycles. The molecule has 0 saturated heterocycles. The van der Waals surface area contributed by atoms with Crippen LogP contribution in [0.3, 0.4) is 0 Å². The number of carboxylic acids is 1. The number of rotatable bonds is 7. The lowest BCUT2D eigenvalue weighted by atomic mass is 10.1. The molecule has 21 heavy (non-hydrogen) atoms. The van der Waals surface area contributed by atoms with Gasteiger partial charge in [0.1, 0.15) is 5.75 Å². The van der Waals surface area contributed by atoms with E-state index in [1.54, 1.807) is 18.4 Å². The van der Waals surface area contributed by atoms with Crippen LogP contribution in [0.25, 0.3) is 10.1 Å². The topological polar surface area (TPSA) is 49.8 Å². The molecule has 1 aromatic carbocycles. The highest BCUT2D eigenvalue weighted by Crippen LogP contribution is 2.35. The van der Waals surface area contributed by atoms with Gasteiger partial charge in [-0.3, -0.25) is 9.69 Å². The minimum absolute atomic E-state index is 0.0665. The number of aliphatic carboxylic acids is 1. The molecule has 0 spiro atoms. The van der Waals surface area contributed by atoms with Crippen LogP contribution in [0.4, 0.5) is 0 Å². The maximum atomic E-state index is 11.0. The highest BCUT2D eigenvalue weighted by atomic mass is 32.1. The Bertz CT molecular complexity index is 632. The first-order valence-corrected chi connectivity index (χ1v) is 7.98. The molecule has 0 radical (unpaired) electrons. The third-order valence-electron chi connectivity index (χ3n) is 3.72. The molecule has 0 unspecified atom stereocenters. The first-order chi connectivity index (χ1) is 10.1. The summed E-state index contributed by atoms with van der Waals surface area (Å²) in [6.45, 7) is 7.05. The largest absolute Gasteiger partial charge is 0.496 e. The second-order valence-electron chi connectivity index (χ2n) is 4.92. The summed E-state index contributed by atoms with van der Waals surface area (Å²) in [5.41, 5.74) is 2.03. The molecule has 0 aliphatic rings. The first-order valence-electron chi connectivity index (χ1n) is 7.10. The predicted molar refractivity (Wildman–Crippen MR) is 86.3 cm³/mol. The lowest BCUT2D eigenvalue weighted by Gasteiger charge is -2.20. The maximum Gasteiger partial charge on any atom is 0.307 e. The first kappa shape index (κ1) is 15.8. The number of carbonyl (C=O) groups is 1. The van der Waals surface area contributed by atoms with Gasteiger partial charge in [-0.25, -0.2) is 0 Å². The third-order valence-corrected chi connectivity index (χ3v) is 4.82. The van der Waals surface area contributed by atoms with E-state index in [2.05, 4.69) is 18.7 Å². The number of nitrogens with zero attached hydrogens (tertiary/aromatic N) is 1. The molecule has 0 amide bonds. The molecular weight excluding hydrogens is 286 g/mol. The summed E-state index contributed by atoms with van der Waals surface area (Å²) >= 11 is 1.61. The molecular formula is C16H21NO3S. The Morgan fingerprint density at radius 3 is 2.62 bits per heavy atom. The van der Waals surface area contributed by atoms with E-state index in [0.717, 1.165) is 46.6 Å². The van der Waals surface area contributed by atoms with Gasteiger partial charge in [0.2, 0.25) is 0 Å². The summed E-state index contributed by atoms with van der Waals surface area (Å²) in [5.74, 6) is 0.0777. The second-order valence-corrected chi connectivity index (χ2v) is 5.80. The van der Waals surface area contributed by atoms with E-state index in [-0.39, 0.29) is 6.42 Å². The lowest BCUT2D eigenvalue weighted by Crippen LogP contribution is -2.22. The Kier molecular flexibility index (Phi) is 5.20. The average Bonchev–Trinajstić information content (AvgIpc) is 2.87. The van der Waals surface area contributed by atoms with Crippen LogP contribution in [0.1, 0.15) is 25.0 Å². The molecule has 0 saturated carbocycles. The van der Waals surface area contributed by atoms with Crippen molar-refractivity contribution in [1.29, 1.82) is 0 Å². The Morgan fingerprint density at radius 2 is 2.05 bits per heavy atom. The Balaban J connectivity index is 2.49. The van der Waals surface area contributed by atoms with Crippen LogP contribution in [-0.2, 0) is 17.8 Å². The van der Waals surface area contributed by atoms with E-state index in [1.165, 1.54) is 0 Å². The number of methoxy groups -OCH3 is 1. The Morgan fingerprint density at radius 1 is 1.33 bits per heavy atom. The molecule has 0 aliphatic carbocycles. The van der Waals surface area contributed by atoms with E-state index in [0.29, 0.717) is 0 Å². The maximum absolute atomic E-state index is 11.0. The molecule has 1 heterocycles. The number of thiophene rings is 1. The van der Waals surface area contributed by atoms with Crippen molar-refractivity contribution >= 4 is 27.4 Å². The fraction of sp³-hybridized carbons (Fsp3) is 0.438. The van der Waals surface area contributed by atoms with Crippen LogP contribution >= 0.6 is 11.3 Å². The van der Waals surface area contributed by atoms with Crippen molar-refractivity contribution in [3.63, 3.8) is 0 Å². The van der Waals surface area contributed by atoms with Crippen LogP contribution in [-0.4, -0.2) is 36.2 Å². The van der Waals surface area contributed by atoms with Gasteiger partial charge in [-0.2, -0.15) is 0 Å². The summed E-state index contributed by atoms with van der Waals surface area (Å²) in [4.78, 5) is 13.3. The summed E-state index contributed by atoms with van der Waals surface area (Å²) in [6.07, 6.45) is 0.0665. The smallest absolute Gasteiger partial charge is 0.307 e. The second kappa shape index (κ2) is 6.91. The highest BCUT2D eigenvalue weighted by molar-refractivity contribution is 7.17. The number of carboxylic acid groups (broad SMARTS) is 1. The van der Waals surface area contributed by atoms with E-state index in [9.17, 15) is 4.79 Å². The Hall–Kier alpha value is -1.59. The zero-order valence-corrected chi connectivity index (χ0v) is 13.5. The fourth-order valence-corrected chi connectivity index (χ4v) is 3.61. The van der Waals surface area contributed by atoms with Crippen molar-refractivity contribution in [3.05, 3.63) is 28.6 Å². The van der Waals surface area contributed by atoms with Crippen LogP contribution in [0.5, 0.6) is 5.75 Å². The molecule has 114 valence electrons. The van der Waals surface area contributed by atoms with Crippen molar-refractivity contribution in [1.82, 2.24) is 4.90 Å². The highest BCUT2D eigenvalue weighted by Gasteiger charge is 2.16. The normalized spacial score (nSPS) is 11.2. The molecule has 2 aromatic rings. The van der Waals surface area contributed by atoms with Gasteiger partial charge in [0.05, 0.1) is 13.5 Å². The monoisotopic (exact) mass is 307 g/mol. The van der Waals surface area contributed by atoms with Gasteiger partial charge in [0, 0.05) is 16.8 Å². The van der Waals surface area contributed by atoms with Crippen molar-refractivity contribution in [3.8, 4) is 5.75 Å². The van der Waals surface area contributed by atoms with Crippen molar-refractivity contribution in [2.45, 2.75) is 26.8 Å². The van der Waals surface area contributed by atoms with Crippen LogP contribution in [0, 0.1) is 0 Å². The molecule has 0 atom stereocenters. The molecule has 5 heteroatoms. The molecule has 0 fully saturated rings. The van der Waals surface area contributed by atoms with E-state index in [4.69, 9.17) is 9.84 Å². The summed E-state index contributed by atoms with van der Waals surface area (Å²) in [6, 6.07) is 3.91. The number of ether oxygens (including phenoxy) is 1. The van der Waals surface area contributed by atoms with Gasteiger partial charge in [-0.15, -0.1) is 11.3 Å². The quantitative estimate of drug-likeness (QED) is 0.852. The minimum atomic E-state index is -0.796. The van der Waals surface area contributed by atoms with Gasteiger partial charge in [0.15, 0.2) is 0 Å². The number of hydrogen-bond acceptors (Lipinski definition) is 4. The van der Waals surface area contributed by atoms with Gasteiger partial charge in [-0.1, -0.05) is 13.8 Å². The zero-order valence-electron chi connectivity index (χ0n) is 12.7. The summed E-state index contributed by atoms with van der Waals surface area (Å²) in [7, 11) is 1.68. The standard InChI is InChI=1S/C16H21NO3S/c1-4-17(5-2)9-13-14(20-3)7-6-12-11(8-15(18)19)10-21-16(12)13/h6-7,10H,4-5,8-9H2,1-3H3,(H,18,19). The van der Waals surface area contributed by atoms with Crippen LogP contribution in [0.2, 0.25) is 0 Å². The van der Waals surface area contributed by atoms with E-state index >= 15 is 0 Å². The number of benzene rings is 1. The molecule has 0 aliphatic heterocycles. The molecule has 4 nitrogen and oxygen atoms in total. The van der Waals surface area contributed by atoms with Gasteiger partial charge in [0.25, 0.3) is 0 Å². The number of hydrogen-bond donors (Lipinski definition) is 1. The fourth-order valence-electron chi connectivity index (χ4n) is 2.50. The minimum Gasteiger partial charge on any atom is -0.496 e.